The van der Waals surface area contributed by atoms with E-state index in [-0.39, 0.29) is 24.2 Å². The molecule has 0 aliphatic carbocycles. The van der Waals surface area contributed by atoms with Gasteiger partial charge in [0.2, 0.25) is 5.91 Å². The van der Waals surface area contributed by atoms with E-state index in [0.717, 1.165) is 6.42 Å². The highest BCUT2D eigenvalue weighted by Crippen LogP contribution is 2.29. The number of hydrogen-bond donors (Lipinski definition) is 2. The molecule has 0 heterocycles. The molecule has 15 heavy (non-hydrogen) atoms. The summed E-state index contributed by atoms with van der Waals surface area (Å²) in [5, 5.41) is 2.37. The Morgan fingerprint density at radius 1 is 1.33 bits per heavy atom. The molecular weight excluding hydrogens is 253 g/mol. The van der Waals surface area contributed by atoms with Gasteiger partial charge < -0.3 is 11.1 Å². The van der Waals surface area contributed by atoms with Crippen LogP contribution in [0.15, 0.2) is 0 Å². The predicted molar refractivity (Wildman–Crippen MR) is 57.1 cm³/mol. The molecule has 3 nitrogen and oxygen atoms in total. The Kier molecular flexibility index (Phi) is 10.5. The molecule has 0 fully saturated rings. The van der Waals surface area contributed by atoms with E-state index in [1.165, 1.54) is 0 Å². The Morgan fingerprint density at radius 3 is 2.40 bits per heavy atom. The highest BCUT2D eigenvalue weighted by Gasteiger charge is 2.28. The zero-order chi connectivity index (χ0) is 11.0. The monoisotopic (exact) mass is 266 g/mol. The summed E-state index contributed by atoms with van der Waals surface area (Å²) in [5.41, 5.74) is 0.857. The molecule has 0 aromatic carbocycles. The topological polar surface area (TPSA) is 55.1 Å². The van der Waals surface area contributed by atoms with Gasteiger partial charge in [0.1, 0.15) is 0 Å². The van der Waals surface area contributed by atoms with Gasteiger partial charge in [-0.1, -0.05) is 0 Å². The third-order valence-electron chi connectivity index (χ3n) is 1.32. The molecule has 0 aliphatic heterocycles. The first kappa shape index (κ1) is 17.3. The molecule has 0 saturated carbocycles. The number of halogens is 4. The van der Waals surface area contributed by atoms with Crippen molar-refractivity contribution < 1.29 is 18.0 Å². The number of carbonyl (C=O) groups excluding carboxylic acids is 1. The summed E-state index contributed by atoms with van der Waals surface area (Å²) in [6.45, 7) is 0.904. The Bertz CT molecular complexity index is 180. The van der Waals surface area contributed by atoms with Gasteiger partial charge in [0.05, 0.1) is 5.75 Å². The average Bonchev–Trinajstić information content (AvgIpc) is 2.08. The van der Waals surface area contributed by atoms with Crippen LogP contribution in [0.3, 0.4) is 0 Å². The fourth-order valence-corrected chi connectivity index (χ4v) is 1.09. The molecule has 0 radical (unpaired) electrons. The zero-order valence-electron chi connectivity index (χ0n) is 7.97. The van der Waals surface area contributed by atoms with Crippen molar-refractivity contribution in [2.24, 2.45) is 5.73 Å². The SMILES string of the molecule is Cl.NCCCCNC(=O)CSC(F)(F)F. The van der Waals surface area contributed by atoms with E-state index in [9.17, 15) is 18.0 Å². The molecule has 8 heteroatoms. The van der Waals surface area contributed by atoms with Crippen molar-refractivity contribution in [3.63, 3.8) is 0 Å². The second kappa shape index (κ2) is 9.11. The van der Waals surface area contributed by atoms with E-state index in [4.69, 9.17) is 5.73 Å². The van der Waals surface area contributed by atoms with Gasteiger partial charge in [-0.15, -0.1) is 12.4 Å². The number of carbonyl (C=O) groups is 1. The van der Waals surface area contributed by atoms with Crippen LogP contribution in [0.2, 0.25) is 0 Å². The van der Waals surface area contributed by atoms with E-state index in [0.29, 0.717) is 19.5 Å². The van der Waals surface area contributed by atoms with Crippen molar-refractivity contribution in [1.29, 1.82) is 0 Å². The van der Waals surface area contributed by atoms with Gasteiger partial charge >= 0.3 is 5.51 Å². The Hall–Kier alpha value is -0.140. The highest BCUT2D eigenvalue weighted by atomic mass is 35.5. The van der Waals surface area contributed by atoms with Crippen LogP contribution >= 0.6 is 24.2 Å². The molecule has 0 aliphatic rings. The van der Waals surface area contributed by atoms with Gasteiger partial charge in [-0.25, -0.2) is 0 Å². The standard InChI is InChI=1S/C7H13F3N2OS.ClH/c8-7(9,10)14-5-6(13)12-4-2-1-3-11;/h1-5,11H2,(H,12,13);1H. The van der Waals surface area contributed by atoms with Crippen LogP contribution in [0, 0.1) is 0 Å². The lowest BCUT2D eigenvalue weighted by Crippen LogP contribution is -2.27. The second-order valence-electron chi connectivity index (χ2n) is 2.58. The minimum Gasteiger partial charge on any atom is -0.355 e. The third-order valence-corrected chi connectivity index (χ3v) is 2.05. The maximum atomic E-state index is 11.6. The number of unbranched alkanes of at least 4 members (excludes halogenated alkanes) is 1. The van der Waals surface area contributed by atoms with E-state index < -0.39 is 17.2 Å². The number of amides is 1. The van der Waals surface area contributed by atoms with Crippen molar-refractivity contribution in [3.05, 3.63) is 0 Å². The summed E-state index contributed by atoms with van der Waals surface area (Å²) >= 11 is -0.331. The summed E-state index contributed by atoms with van der Waals surface area (Å²) in [7, 11) is 0. The molecule has 0 unspecified atom stereocenters. The number of nitrogens with two attached hydrogens (primary N) is 1. The number of nitrogens with one attached hydrogen (secondary N) is 1. The summed E-state index contributed by atoms with van der Waals surface area (Å²) in [6.07, 6.45) is 1.45. The van der Waals surface area contributed by atoms with Crippen LogP contribution in [0.1, 0.15) is 12.8 Å². The second-order valence-corrected chi connectivity index (χ2v) is 3.62. The Morgan fingerprint density at radius 2 is 1.93 bits per heavy atom. The Balaban J connectivity index is 0. The quantitative estimate of drug-likeness (QED) is 0.717. The first-order chi connectivity index (χ1) is 6.45. The largest absolute Gasteiger partial charge is 0.442 e. The smallest absolute Gasteiger partial charge is 0.355 e. The number of thioether (sulfide) groups is 1. The predicted octanol–water partition coefficient (Wildman–Crippen LogP) is 1.52. The summed E-state index contributed by atoms with van der Waals surface area (Å²) < 4.78 is 34.9. The van der Waals surface area contributed by atoms with Gasteiger partial charge in [-0.2, -0.15) is 13.2 Å². The van der Waals surface area contributed by atoms with Gasteiger partial charge in [0.25, 0.3) is 0 Å². The fraction of sp³-hybridized carbons (Fsp3) is 0.857. The van der Waals surface area contributed by atoms with Crippen LogP contribution < -0.4 is 11.1 Å². The summed E-state index contributed by atoms with van der Waals surface area (Å²) in [5.74, 6) is -1.17. The van der Waals surface area contributed by atoms with Gasteiger partial charge in [-0.3, -0.25) is 4.79 Å². The highest BCUT2D eigenvalue weighted by molar-refractivity contribution is 8.00. The van der Waals surface area contributed by atoms with Crippen LogP contribution in [0.4, 0.5) is 13.2 Å². The first-order valence-corrected chi connectivity index (χ1v) is 5.11. The maximum absolute atomic E-state index is 11.6. The van der Waals surface area contributed by atoms with Crippen molar-refractivity contribution >= 4 is 30.1 Å². The molecule has 92 valence electrons. The lowest BCUT2D eigenvalue weighted by molar-refractivity contribution is -0.118. The average molecular weight is 267 g/mol. The van der Waals surface area contributed by atoms with Crippen molar-refractivity contribution in [1.82, 2.24) is 5.32 Å². The molecular formula is C7H14ClF3N2OS. The van der Waals surface area contributed by atoms with Crippen LogP contribution in [0.5, 0.6) is 0 Å². The molecule has 3 N–H and O–H groups in total. The molecule has 0 aromatic heterocycles. The third kappa shape index (κ3) is 13.9. The molecule has 0 rings (SSSR count). The van der Waals surface area contributed by atoms with Gasteiger partial charge in [-0.05, 0) is 31.1 Å². The molecule has 0 spiro atoms. The van der Waals surface area contributed by atoms with Gasteiger partial charge in [0, 0.05) is 6.54 Å². The summed E-state index contributed by atoms with van der Waals surface area (Å²) in [6, 6.07) is 0. The maximum Gasteiger partial charge on any atom is 0.442 e. The number of alkyl halides is 3. The lowest BCUT2D eigenvalue weighted by Gasteiger charge is -2.06. The molecule has 0 bridgehead atoms. The number of hydrogen-bond acceptors (Lipinski definition) is 3. The molecule has 1 amide bonds. The lowest BCUT2D eigenvalue weighted by atomic mass is 10.3. The van der Waals surface area contributed by atoms with E-state index in [1.807, 2.05) is 0 Å². The van der Waals surface area contributed by atoms with Crippen LogP contribution in [0.25, 0.3) is 0 Å². The van der Waals surface area contributed by atoms with E-state index in [1.54, 1.807) is 0 Å². The van der Waals surface area contributed by atoms with Crippen molar-refractivity contribution in [2.75, 3.05) is 18.8 Å². The van der Waals surface area contributed by atoms with Crippen molar-refractivity contribution in [2.45, 2.75) is 18.3 Å². The van der Waals surface area contributed by atoms with E-state index >= 15 is 0 Å². The van der Waals surface area contributed by atoms with Gasteiger partial charge in [0.15, 0.2) is 0 Å². The number of rotatable bonds is 6. The minimum atomic E-state index is -4.34. The van der Waals surface area contributed by atoms with Crippen LogP contribution in [-0.4, -0.2) is 30.3 Å². The summed E-state index contributed by atoms with van der Waals surface area (Å²) in [4.78, 5) is 10.8. The molecule has 0 atom stereocenters. The normalized spacial score (nSPS) is 10.7. The first-order valence-electron chi connectivity index (χ1n) is 4.13. The zero-order valence-corrected chi connectivity index (χ0v) is 9.60. The van der Waals surface area contributed by atoms with E-state index in [2.05, 4.69) is 5.32 Å². The minimum absolute atomic E-state index is 0. The Labute approximate surface area is 96.8 Å². The van der Waals surface area contributed by atoms with Crippen LogP contribution in [-0.2, 0) is 4.79 Å². The van der Waals surface area contributed by atoms with Crippen molar-refractivity contribution in [3.8, 4) is 0 Å². The molecule has 0 aromatic rings. The fourth-order valence-electron chi connectivity index (χ4n) is 0.696. The molecule has 0 saturated heterocycles.